The van der Waals surface area contributed by atoms with E-state index in [1.807, 2.05) is 38.1 Å². The van der Waals surface area contributed by atoms with Crippen molar-refractivity contribution in [1.29, 1.82) is 0 Å². The average molecular weight is 337 g/mol. The molecule has 1 heterocycles. The fourth-order valence-electron chi connectivity index (χ4n) is 2.16. The van der Waals surface area contributed by atoms with Gasteiger partial charge in [0.15, 0.2) is 12.4 Å². The highest BCUT2D eigenvalue weighted by atomic mass is 16.5. The lowest BCUT2D eigenvalue weighted by atomic mass is 10.2. The first-order chi connectivity index (χ1) is 12.1. The third kappa shape index (κ3) is 4.84. The lowest BCUT2D eigenvalue weighted by Gasteiger charge is -2.08. The van der Waals surface area contributed by atoms with Crippen LogP contribution < -0.4 is 14.8 Å². The highest BCUT2D eigenvalue weighted by Gasteiger charge is 2.06. The fraction of sp³-hybridized carbons (Fsp3) is 0.158. The number of amides is 1. The van der Waals surface area contributed by atoms with Crippen LogP contribution in [0.3, 0.4) is 0 Å². The summed E-state index contributed by atoms with van der Waals surface area (Å²) in [5.41, 5.74) is 2.06. The molecule has 0 aliphatic heterocycles. The van der Waals surface area contributed by atoms with Crippen molar-refractivity contribution < 1.29 is 14.3 Å². The molecule has 6 heteroatoms. The molecule has 0 bridgehead atoms. The van der Waals surface area contributed by atoms with Gasteiger partial charge in [-0.05, 0) is 50.2 Å². The number of rotatable bonds is 6. The van der Waals surface area contributed by atoms with Gasteiger partial charge in [-0.25, -0.2) is 0 Å². The summed E-state index contributed by atoms with van der Waals surface area (Å²) >= 11 is 0. The second-order valence-electron chi connectivity index (χ2n) is 5.66. The number of H-pyrrole nitrogens is 1. The van der Waals surface area contributed by atoms with E-state index in [4.69, 9.17) is 9.47 Å². The van der Waals surface area contributed by atoms with Gasteiger partial charge in [0, 0.05) is 11.8 Å². The van der Waals surface area contributed by atoms with Crippen LogP contribution in [0.25, 0.3) is 0 Å². The molecule has 0 spiro atoms. The maximum Gasteiger partial charge on any atom is 0.263 e. The van der Waals surface area contributed by atoms with E-state index < -0.39 is 0 Å². The van der Waals surface area contributed by atoms with E-state index in [-0.39, 0.29) is 12.5 Å². The van der Waals surface area contributed by atoms with Crippen molar-refractivity contribution in [1.82, 2.24) is 10.2 Å². The largest absolute Gasteiger partial charge is 0.484 e. The minimum atomic E-state index is -0.272. The molecule has 1 aromatic heterocycles. The van der Waals surface area contributed by atoms with E-state index in [2.05, 4.69) is 15.5 Å². The zero-order valence-electron chi connectivity index (χ0n) is 14.1. The first kappa shape index (κ1) is 16.6. The maximum atomic E-state index is 11.8. The number of aromatic nitrogens is 2. The van der Waals surface area contributed by atoms with Crippen molar-refractivity contribution in [3.63, 3.8) is 0 Å². The minimum absolute atomic E-state index is 0.0932. The van der Waals surface area contributed by atoms with Crippen molar-refractivity contribution in [3.8, 4) is 17.2 Å². The van der Waals surface area contributed by atoms with Crippen LogP contribution in [0.2, 0.25) is 0 Å². The molecule has 3 rings (SSSR count). The number of nitrogens with zero attached hydrogens (tertiary/aromatic N) is 1. The first-order valence-electron chi connectivity index (χ1n) is 7.88. The van der Waals surface area contributed by atoms with Gasteiger partial charge in [-0.1, -0.05) is 17.7 Å². The first-order valence-corrected chi connectivity index (χ1v) is 7.88. The summed E-state index contributed by atoms with van der Waals surface area (Å²) in [6, 6.07) is 16.7. The fourth-order valence-corrected chi connectivity index (χ4v) is 2.16. The molecule has 0 saturated carbocycles. The van der Waals surface area contributed by atoms with Crippen LogP contribution >= 0.6 is 0 Å². The molecule has 0 fully saturated rings. The van der Waals surface area contributed by atoms with Gasteiger partial charge in [0.1, 0.15) is 17.2 Å². The van der Waals surface area contributed by atoms with Crippen molar-refractivity contribution in [2.45, 2.75) is 13.8 Å². The standard InChI is InChI=1S/C19H19N3O3/c1-13-3-5-16(6-4-13)25-17-9-7-15(8-10-17)24-12-19(23)20-18-11-14(2)21-22-18/h3-11H,12H2,1-2H3,(H2,20,21,22,23). The molecule has 3 aromatic rings. The molecule has 2 aromatic carbocycles. The molecule has 0 unspecified atom stereocenters. The summed E-state index contributed by atoms with van der Waals surface area (Å²) in [6.07, 6.45) is 0. The molecule has 6 nitrogen and oxygen atoms in total. The Morgan fingerprint density at radius 1 is 1.00 bits per heavy atom. The number of aromatic amines is 1. The maximum absolute atomic E-state index is 11.8. The highest BCUT2D eigenvalue weighted by molar-refractivity contribution is 5.90. The second-order valence-corrected chi connectivity index (χ2v) is 5.66. The topological polar surface area (TPSA) is 76.2 Å². The number of carbonyl (C=O) groups excluding carboxylic acids is 1. The van der Waals surface area contributed by atoms with Crippen LogP contribution in [0, 0.1) is 13.8 Å². The molecule has 0 saturated heterocycles. The zero-order valence-corrected chi connectivity index (χ0v) is 14.1. The lowest BCUT2D eigenvalue weighted by Crippen LogP contribution is -2.20. The van der Waals surface area contributed by atoms with E-state index in [0.717, 1.165) is 11.4 Å². The summed E-state index contributed by atoms with van der Waals surface area (Å²) in [4.78, 5) is 11.8. The molecule has 2 N–H and O–H groups in total. The Balaban J connectivity index is 1.50. The summed E-state index contributed by atoms with van der Waals surface area (Å²) in [5, 5.41) is 9.35. The average Bonchev–Trinajstić information content (AvgIpc) is 3.01. The molecule has 0 radical (unpaired) electrons. The minimum Gasteiger partial charge on any atom is -0.484 e. The van der Waals surface area contributed by atoms with Crippen molar-refractivity contribution in [2.75, 3.05) is 11.9 Å². The van der Waals surface area contributed by atoms with E-state index in [0.29, 0.717) is 17.3 Å². The normalized spacial score (nSPS) is 10.3. The van der Waals surface area contributed by atoms with E-state index in [1.54, 1.807) is 30.3 Å². The van der Waals surface area contributed by atoms with Crippen LogP contribution in [0.5, 0.6) is 17.2 Å². The van der Waals surface area contributed by atoms with Gasteiger partial charge in [-0.3, -0.25) is 9.89 Å². The second kappa shape index (κ2) is 7.53. The number of benzene rings is 2. The molecular formula is C19H19N3O3. The number of carbonyl (C=O) groups is 1. The molecule has 0 atom stereocenters. The van der Waals surface area contributed by atoms with E-state index >= 15 is 0 Å². The number of aryl methyl sites for hydroxylation is 2. The monoisotopic (exact) mass is 337 g/mol. The van der Waals surface area contributed by atoms with Crippen LogP contribution in [-0.4, -0.2) is 22.7 Å². The van der Waals surface area contributed by atoms with Gasteiger partial charge in [0.25, 0.3) is 5.91 Å². The van der Waals surface area contributed by atoms with Crippen LogP contribution in [0.4, 0.5) is 5.82 Å². The Labute approximate surface area is 145 Å². The number of hydrogen-bond acceptors (Lipinski definition) is 4. The quantitative estimate of drug-likeness (QED) is 0.716. The number of anilines is 1. The third-order valence-electron chi connectivity index (χ3n) is 3.42. The lowest BCUT2D eigenvalue weighted by molar-refractivity contribution is -0.118. The SMILES string of the molecule is Cc1ccc(Oc2ccc(OCC(=O)Nc3cc(C)[nH]n3)cc2)cc1. The third-order valence-corrected chi connectivity index (χ3v) is 3.42. The Hall–Kier alpha value is -3.28. The van der Waals surface area contributed by atoms with Gasteiger partial charge in [-0.15, -0.1) is 0 Å². The van der Waals surface area contributed by atoms with Gasteiger partial charge in [0.05, 0.1) is 0 Å². The summed E-state index contributed by atoms with van der Waals surface area (Å²) in [5.74, 6) is 2.27. The van der Waals surface area contributed by atoms with Crippen LogP contribution in [-0.2, 0) is 4.79 Å². The van der Waals surface area contributed by atoms with Crippen molar-refractivity contribution >= 4 is 11.7 Å². The summed E-state index contributed by atoms with van der Waals surface area (Å²) in [7, 11) is 0. The van der Waals surface area contributed by atoms with E-state index in [9.17, 15) is 4.79 Å². The molecule has 0 aliphatic carbocycles. The molecule has 0 aliphatic rings. The molecular weight excluding hydrogens is 318 g/mol. The van der Waals surface area contributed by atoms with Gasteiger partial charge in [-0.2, -0.15) is 5.10 Å². The van der Waals surface area contributed by atoms with Crippen molar-refractivity contribution in [2.24, 2.45) is 0 Å². The Bertz CT molecular complexity index is 839. The van der Waals surface area contributed by atoms with Crippen LogP contribution in [0.1, 0.15) is 11.3 Å². The van der Waals surface area contributed by atoms with Crippen LogP contribution in [0.15, 0.2) is 54.6 Å². The predicted molar refractivity (Wildman–Crippen MR) is 95.1 cm³/mol. The van der Waals surface area contributed by atoms with E-state index in [1.165, 1.54) is 5.56 Å². The zero-order chi connectivity index (χ0) is 17.6. The number of ether oxygens (including phenoxy) is 2. The van der Waals surface area contributed by atoms with Gasteiger partial charge >= 0.3 is 0 Å². The smallest absolute Gasteiger partial charge is 0.263 e. The Kier molecular flexibility index (Phi) is 4.99. The van der Waals surface area contributed by atoms with Crippen molar-refractivity contribution in [3.05, 3.63) is 65.9 Å². The van der Waals surface area contributed by atoms with Gasteiger partial charge in [0.2, 0.25) is 0 Å². The Morgan fingerprint density at radius 2 is 1.60 bits per heavy atom. The molecule has 25 heavy (non-hydrogen) atoms. The number of nitrogens with one attached hydrogen (secondary N) is 2. The molecule has 128 valence electrons. The Morgan fingerprint density at radius 3 is 2.20 bits per heavy atom. The number of hydrogen-bond donors (Lipinski definition) is 2. The predicted octanol–water partition coefficient (Wildman–Crippen LogP) is 3.84. The highest BCUT2D eigenvalue weighted by Crippen LogP contribution is 2.24. The summed E-state index contributed by atoms with van der Waals surface area (Å²) < 4.78 is 11.2. The summed E-state index contributed by atoms with van der Waals surface area (Å²) in [6.45, 7) is 3.79. The molecule has 1 amide bonds. The van der Waals surface area contributed by atoms with Gasteiger partial charge < -0.3 is 14.8 Å².